The summed E-state index contributed by atoms with van der Waals surface area (Å²) in [6.45, 7) is 0. The van der Waals surface area contributed by atoms with Gasteiger partial charge < -0.3 is 0 Å². The van der Waals surface area contributed by atoms with Crippen LogP contribution in [0, 0.1) is 5.82 Å². The highest BCUT2D eigenvalue weighted by molar-refractivity contribution is 5.86. The smallest absolute Gasteiger partial charge is 0.167 e. The first kappa shape index (κ1) is 31.7. The van der Waals surface area contributed by atoms with Crippen molar-refractivity contribution in [2.24, 2.45) is 0 Å². The van der Waals surface area contributed by atoms with E-state index in [9.17, 15) is 0 Å². The molecular weight excluding hydrogens is 656 g/mol. The molecule has 53 heavy (non-hydrogen) atoms. The fourth-order valence-corrected chi connectivity index (χ4v) is 6.32. The number of hydrogen-bond acceptors (Lipinski definition) is 6. The lowest BCUT2D eigenvalue weighted by molar-refractivity contribution is 0.630. The highest BCUT2D eigenvalue weighted by atomic mass is 19.1. The maximum absolute atomic E-state index is 16.0. The van der Waals surface area contributed by atoms with E-state index in [0.717, 1.165) is 44.2 Å². The molecule has 0 aliphatic rings. The lowest BCUT2D eigenvalue weighted by atomic mass is 10.0. The van der Waals surface area contributed by atoms with Crippen LogP contribution in [0.2, 0.25) is 0 Å². The van der Waals surface area contributed by atoms with Crippen molar-refractivity contribution in [2.45, 2.75) is 0 Å². The summed E-state index contributed by atoms with van der Waals surface area (Å²) in [5.74, 6) is 2.01. The molecule has 0 saturated carbocycles. The van der Waals surface area contributed by atoms with Crippen LogP contribution < -0.4 is 0 Å². The molecule has 0 atom stereocenters. The van der Waals surface area contributed by atoms with Gasteiger partial charge in [-0.3, -0.25) is 0 Å². The van der Waals surface area contributed by atoms with Gasteiger partial charge in [0.25, 0.3) is 0 Å². The van der Waals surface area contributed by atoms with E-state index in [1.54, 1.807) is 12.1 Å². The minimum absolute atomic E-state index is 0.199. The maximum Gasteiger partial charge on any atom is 0.167 e. The number of fused-ring (bicyclic) bond motifs is 1. The van der Waals surface area contributed by atoms with Gasteiger partial charge in [-0.1, -0.05) is 146 Å². The lowest BCUT2D eigenvalue weighted by Crippen LogP contribution is -2.03. The molecular formula is C46H29FN6. The molecule has 0 fully saturated rings. The number of nitrogens with zero attached hydrogens (tertiary/aromatic N) is 6. The highest BCUT2D eigenvalue weighted by Crippen LogP contribution is 2.32. The van der Waals surface area contributed by atoms with E-state index in [-0.39, 0.29) is 11.4 Å². The summed E-state index contributed by atoms with van der Waals surface area (Å²) in [5, 5.41) is 2.20. The first-order valence-electron chi connectivity index (χ1n) is 17.2. The van der Waals surface area contributed by atoms with Gasteiger partial charge in [0.2, 0.25) is 0 Å². The van der Waals surface area contributed by atoms with E-state index >= 15 is 4.39 Å². The normalized spacial score (nSPS) is 11.1. The predicted molar refractivity (Wildman–Crippen MR) is 209 cm³/mol. The van der Waals surface area contributed by atoms with E-state index in [4.69, 9.17) is 29.9 Å². The van der Waals surface area contributed by atoms with Crippen molar-refractivity contribution < 1.29 is 4.39 Å². The van der Waals surface area contributed by atoms with Gasteiger partial charge in [-0.15, -0.1) is 0 Å². The largest absolute Gasteiger partial charge is 0.208 e. The molecule has 0 unspecified atom stereocenters. The lowest BCUT2D eigenvalue weighted by Gasteiger charge is -2.12. The fraction of sp³-hybridized carbons (Fsp3) is 0. The third-order valence-electron chi connectivity index (χ3n) is 9.04. The molecule has 7 heteroatoms. The second kappa shape index (κ2) is 13.8. The topological polar surface area (TPSA) is 77.3 Å². The van der Waals surface area contributed by atoms with Crippen molar-refractivity contribution >= 4 is 10.8 Å². The Morgan fingerprint density at radius 1 is 0.264 bits per heavy atom. The average Bonchev–Trinajstić information content (AvgIpc) is 3.24. The first-order valence-corrected chi connectivity index (χ1v) is 17.2. The Bertz CT molecular complexity index is 2740. The second-order valence-corrected chi connectivity index (χ2v) is 12.5. The number of rotatable bonds is 7. The Kier molecular flexibility index (Phi) is 8.26. The van der Waals surface area contributed by atoms with E-state index in [1.807, 2.05) is 121 Å². The Hall–Kier alpha value is -7.25. The third kappa shape index (κ3) is 6.55. The fourth-order valence-electron chi connectivity index (χ4n) is 6.32. The van der Waals surface area contributed by atoms with Gasteiger partial charge in [0.05, 0.1) is 5.56 Å². The summed E-state index contributed by atoms with van der Waals surface area (Å²) < 4.78 is 16.0. The SMILES string of the molecule is Fc1ccc(-c2nc(-c3ccccc3)nc(-c3ccc4ccccc4c3)n2)cc1-c1nc(-c2ccccc2)nc(-c2cccc(-c3ccccc3)c2)n1. The van der Waals surface area contributed by atoms with Gasteiger partial charge in [0.15, 0.2) is 34.9 Å². The molecule has 7 aromatic carbocycles. The van der Waals surface area contributed by atoms with Crippen LogP contribution in [0.4, 0.5) is 4.39 Å². The summed E-state index contributed by atoms with van der Waals surface area (Å²) in [6.07, 6.45) is 0. The van der Waals surface area contributed by atoms with Crippen molar-refractivity contribution in [3.8, 4) is 79.5 Å². The first-order chi connectivity index (χ1) is 26.1. The molecule has 250 valence electrons. The number of benzene rings is 7. The van der Waals surface area contributed by atoms with Crippen LogP contribution in [-0.4, -0.2) is 29.9 Å². The molecule has 6 nitrogen and oxygen atoms in total. The minimum atomic E-state index is -0.477. The zero-order chi connectivity index (χ0) is 35.6. The quantitative estimate of drug-likeness (QED) is 0.166. The molecule has 0 spiro atoms. The van der Waals surface area contributed by atoms with Crippen molar-refractivity contribution in [3.05, 3.63) is 182 Å². The van der Waals surface area contributed by atoms with Crippen LogP contribution in [0.3, 0.4) is 0 Å². The number of aromatic nitrogens is 6. The van der Waals surface area contributed by atoms with Crippen LogP contribution >= 0.6 is 0 Å². The molecule has 0 aliphatic heterocycles. The van der Waals surface area contributed by atoms with Gasteiger partial charge in [-0.2, -0.15) is 0 Å². The maximum atomic E-state index is 16.0. The van der Waals surface area contributed by atoms with Crippen LogP contribution in [0.15, 0.2) is 176 Å². The molecule has 0 N–H and O–H groups in total. The van der Waals surface area contributed by atoms with Gasteiger partial charge in [0.1, 0.15) is 5.82 Å². The highest BCUT2D eigenvalue weighted by Gasteiger charge is 2.19. The zero-order valence-corrected chi connectivity index (χ0v) is 28.3. The molecule has 9 aromatic rings. The zero-order valence-electron chi connectivity index (χ0n) is 28.3. The summed E-state index contributed by atoms with van der Waals surface area (Å²) in [6, 6.07) is 56.7. The van der Waals surface area contributed by atoms with Crippen LogP contribution in [0.5, 0.6) is 0 Å². The van der Waals surface area contributed by atoms with E-state index in [2.05, 4.69) is 36.4 Å². The average molecular weight is 685 g/mol. The molecule has 0 amide bonds. The summed E-state index contributed by atoms with van der Waals surface area (Å²) in [7, 11) is 0. The minimum Gasteiger partial charge on any atom is -0.208 e. The van der Waals surface area contributed by atoms with Crippen LogP contribution in [0.1, 0.15) is 0 Å². The van der Waals surface area contributed by atoms with Gasteiger partial charge in [-0.05, 0) is 52.2 Å². The van der Waals surface area contributed by atoms with Crippen molar-refractivity contribution in [2.75, 3.05) is 0 Å². The monoisotopic (exact) mass is 684 g/mol. The summed E-state index contributed by atoms with van der Waals surface area (Å²) in [4.78, 5) is 29.3. The Balaban J connectivity index is 1.19. The Labute approximate surface area is 305 Å². The Morgan fingerprint density at radius 3 is 1.28 bits per heavy atom. The van der Waals surface area contributed by atoms with E-state index in [1.165, 1.54) is 6.07 Å². The van der Waals surface area contributed by atoms with Gasteiger partial charge in [-0.25, -0.2) is 34.3 Å². The third-order valence-corrected chi connectivity index (χ3v) is 9.04. The van der Waals surface area contributed by atoms with Crippen molar-refractivity contribution in [1.82, 2.24) is 29.9 Å². The molecule has 0 aliphatic carbocycles. The molecule has 0 radical (unpaired) electrons. The summed E-state index contributed by atoms with van der Waals surface area (Å²) >= 11 is 0. The number of hydrogen-bond donors (Lipinski definition) is 0. The van der Waals surface area contributed by atoms with E-state index < -0.39 is 5.82 Å². The second-order valence-electron chi connectivity index (χ2n) is 12.5. The van der Waals surface area contributed by atoms with Crippen LogP contribution in [0.25, 0.3) is 90.2 Å². The Morgan fingerprint density at radius 2 is 0.679 bits per heavy atom. The predicted octanol–water partition coefficient (Wildman–Crippen LogP) is 11.0. The molecule has 0 saturated heterocycles. The van der Waals surface area contributed by atoms with Gasteiger partial charge in [0, 0.05) is 27.8 Å². The standard InChI is InChI=1S/C46H29FN6/c47-40-26-25-38(45-49-41(32-16-6-2-7-17-32)48-44(51-45)37-24-23-31-15-10-11-20-34(31)28-37)29-39(40)46-52-42(33-18-8-3-9-19-33)50-43(53-46)36-22-12-21-35(27-36)30-13-4-1-5-14-30/h1-29H. The molecule has 2 heterocycles. The number of halogens is 1. The summed E-state index contributed by atoms with van der Waals surface area (Å²) in [5.41, 5.74) is 6.15. The molecule has 9 rings (SSSR count). The van der Waals surface area contributed by atoms with Crippen molar-refractivity contribution in [3.63, 3.8) is 0 Å². The van der Waals surface area contributed by atoms with Gasteiger partial charge >= 0.3 is 0 Å². The van der Waals surface area contributed by atoms with E-state index in [0.29, 0.717) is 34.7 Å². The molecule has 2 aromatic heterocycles. The van der Waals surface area contributed by atoms with Crippen molar-refractivity contribution in [1.29, 1.82) is 0 Å². The van der Waals surface area contributed by atoms with Crippen LogP contribution in [-0.2, 0) is 0 Å². The molecule has 0 bridgehead atoms.